The first-order chi connectivity index (χ1) is 9.78. The number of nitrogens with two attached hydrogens (primary N) is 1. The topological polar surface area (TPSA) is 38.5 Å². The Bertz CT molecular complexity index is 540. The van der Waals surface area contributed by atoms with Gasteiger partial charge in [0, 0.05) is 30.9 Å². The molecule has 3 heteroatoms. The first kappa shape index (κ1) is 14.4. The fourth-order valence-electron chi connectivity index (χ4n) is 2.31. The maximum Gasteiger partial charge on any atom is 0.123 e. The Morgan fingerprint density at radius 2 is 1.85 bits per heavy atom. The summed E-state index contributed by atoms with van der Waals surface area (Å²) >= 11 is 0. The molecule has 0 bridgehead atoms. The number of rotatable bonds is 6. The fourth-order valence-corrected chi connectivity index (χ4v) is 2.31. The summed E-state index contributed by atoms with van der Waals surface area (Å²) in [6.45, 7) is 4.47. The van der Waals surface area contributed by atoms with Gasteiger partial charge in [0.2, 0.25) is 0 Å². The number of nitrogens with zero attached hydrogens (tertiary/aromatic N) is 1. The van der Waals surface area contributed by atoms with Gasteiger partial charge in [-0.25, -0.2) is 0 Å². The van der Waals surface area contributed by atoms with Crippen molar-refractivity contribution >= 4 is 5.69 Å². The van der Waals surface area contributed by atoms with Crippen LogP contribution in [0.15, 0.2) is 48.5 Å². The van der Waals surface area contributed by atoms with Crippen molar-refractivity contribution in [2.75, 3.05) is 18.6 Å². The average molecular weight is 270 g/mol. The zero-order valence-electron chi connectivity index (χ0n) is 12.2. The molecule has 2 aromatic carbocycles. The lowest BCUT2D eigenvalue weighted by Gasteiger charge is -2.24. The minimum Gasteiger partial charge on any atom is -0.496 e. The molecule has 0 fully saturated rings. The molecule has 0 unspecified atom stereocenters. The molecule has 2 N–H and O–H groups in total. The molecule has 0 atom stereocenters. The second kappa shape index (κ2) is 6.96. The van der Waals surface area contributed by atoms with Gasteiger partial charge in [0.05, 0.1) is 7.11 Å². The lowest BCUT2D eigenvalue weighted by atomic mass is 10.1. The van der Waals surface area contributed by atoms with Crippen molar-refractivity contribution in [3.63, 3.8) is 0 Å². The summed E-state index contributed by atoms with van der Waals surface area (Å²) in [5.41, 5.74) is 9.25. The van der Waals surface area contributed by atoms with Crippen molar-refractivity contribution in [1.82, 2.24) is 0 Å². The van der Waals surface area contributed by atoms with Crippen LogP contribution in [0.3, 0.4) is 0 Å². The van der Waals surface area contributed by atoms with Crippen LogP contribution in [0.2, 0.25) is 0 Å². The molecule has 0 heterocycles. The van der Waals surface area contributed by atoms with E-state index in [1.54, 1.807) is 7.11 Å². The van der Waals surface area contributed by atoms with Crippen LogP contribution in [0.5, 0.6) is 5.75 Å². The summed E-state index contributed by atoms with van der Waals surface area (Å²) in [4.78, 5) is 2.32. The second-order valence-corrected chi connectivity index (χ2v) is 4.70. The van der Waals surface area contributed by atoms with E-state index >= 15 is 0 Å². The number of anilines is 1. The fraction of sp³-hybridized carbons (Fsp3) is 0.294. The SMILES string of the molecule is CCN(Cc1cc(CN)ccc1OC)c1ccccc1. The van der Waals surface area contributed by atoms with Crippen molar-refractivity contribution in [3.8, 4) is 5.75 Å². The number of hydrogen-bond donors (Lipinski definition) is 1. The zero-order chi connectivity index (χ0) is 14.4. The van der Waals surface area contributed by atoms with E-state index in [0.717, 1.165) is 24.4 Å². The first-order valence-corrected chi connectivity index (χ1v) is 6.94. The molecular formula is C17H22N2O. The summed E-state index contributed by atoms with van der Waals surface area (Å²) in [7, 11) is 1.71. The molecule has 0 radical (unpaired) electrons. The Morgan fingerprint density at radius 3 is 2.45 bits per heavy atom. The summed E-state index contributed by atoms with van der Waals surface area (Å²) in [5.74, 6) is 0.914. The van der Waals surface area contributed by atoms with Crippen LogP contribution in [0.4, 0.5) is 5.69 Å². The van der Waals surface area contributed by atoms with Gasteiger partial charge >= 0.3 is 0 Å². The highest BCUT2D eigenvalue weighted by atomic mass is 16.5. The van der Waals surface area contributed by atoms with Gasteiger partial charge in [-0.3, -0.25) is 0 Å². The van der Waals surface area contributed by atoms with Gasteiger partial charge in [-0.15, -0.1) is 0 Å². The Labute approximate surface area is 121 Å². The monoisotopic (exact) mass is 270 g/mol. The van der Waals surface area contributed by atoms with Crippen molar-refractivity contribution in [2.24, 2.45) is 5.73 Å². The van der Waals surface area contributed by atoms with E-state index in [1.165, 1.54) is 11.3 Å². The summed E-state index contributed by atoms with van der Waals surface area (Å²) in [6, 6.07) is 16.6. The van der Waals surface area contributed by atoms with Gasteiger partial charge in [-0.1, -0.05) is 24.3 Å². The molecule has 0 saturated carbocycles. The maximum absolute atomic E-state index is 5.73. The van der Waals surface area contributed by atoms with Crippen molar-refractivity contribution < 1.29 is 4.74 Å². The average Bonchev–Trinajstić information content (AvgIpc) is 2.53. The lowest BCUT2D eigenvalue weighted by Crippen LogP contribution is -2.22. The standard InChI is InChI=1S/C17H22N2O/c1-3-19(16-7-5-4-6-8-16)13-15-11-14(12-18)9-10-17(15)20-2/h4-11H,3,12-13,18H2,1-2H3. The molecule has 2 aromatic rings. The van der Waals surface area contributed by atoms with Gasteiger partial charge in [-0.05, 0) is 36.8 Å². The Morgan fingerprint density at radius 1 is 1.10 bits per heavy atom. The predicted molar refractivity (Wildman–Crippen MR) is 84.1 cm³/mol. The number of benzene rings is 2. The third kappa shape index (κ3) is 3.31. The van der Waals surface area contributed by atoms with Crippen LogP contribution in [-0.4, -0.2) is 13.7 Å². The van der Waals surface area contributed by atoms with Crippen LogP contribution < -0.4 is 15.4 Å². The summed E-state index contributed by atoms with van der Waals surface area (Å²) in [6.07, 6.45) is 0. The van der Waals surface area contributed by atoms with Gasteiger partial charge in [0.15, 0.2) is 0 Å². The molecule has 0 aliphatic heterocycles. The van der Waals surface area contributed by atoms with E-state index < -0.39 is 0 Å². The molecule has 0 aliphatic rings. The van der Waals surface area contributed by atoms with Crippen LogP contribution in [0, 0.1) is 0 Å². The normalized spacial score (nSPS) is 10.3. The van der Waals surface area contributed by atoms with Gasteiger partial charge in [-0.2, -0.15) is 0 Å². The van der Waals surface area contributed by atoms with Crippen LogP contribution >= 0.6 is 0 Å². The molecule has 2 rings (SSSR count). The lowest BCUT2D eigenvalue weighted by molar-refractivity contribution is 0.409. The molecule has 0 aromatic heterocycles. The van der Waals surface area contributed by atoms with Gasteiger partial charge in [0.25, 0.3) is 0 Å². The highest BCUT2D eigenvalue weighted by molar-refractivity contribution is 5.48. The number of hydrogen-bond acceptors (Lipinski definition) is 3. The zero-order valence-corrected chi connectivity index (χ0v) is 12.2. The van der Waals surface area contributed by atoms with E-state index in [-0.39, 0.29) is 0 Å². The number of para-hydroxylation sites is 1. The highest BCUT2D eigenvalue weighted by Crippen LogP contribution is 2.24. The molecule has 0 saturated heterocycles. The molecule has 0 spiro atoms. The third-order valence-corrected chi connectivity index (χ3v) is 3.44. The minimum absolute atomic E-state index is 0.550. The largest absolute Gasteiger partial charge is 0.496 e. The minimum atomic E-state index is 0.550. The summed E-state index contributed by atoms with van der Waals surface area (Å²) < 4.78 is 5.46. The van der Waals surface area contributed by atoms with Gasteiger partial charge in [0.1, 0.15) is 5.75 Å². The Kier molecular flexibility index (Phi) is 5.02. The number of methoxy groups -OCH3 is 1. The third-order valence-electron chi connectivity index (χ3n) is 3.44. The molecular weight excluding hydrogens is 248 g/mol. The molecule has 106 valence electrons. The maximum atomic E-state index is 5.73. The highest BCUT2D eigenvalue weighted by Gasteiger charge is 2.09. The quantitative estimate of drug-likeness (QED) is 0.876. The Hall–Kier alpha value is -2.00. The molecule has 0 aliphatic carbocycles. The van der Waals surface area contributed by atoms with Crippen LogP contribution in [0.25, 0.3) is 0 Å². The Balaban J connectivity index is 2.27. The second-order valence-electron chi connectivity index (χ2n) is 4.70. The molecule has 3 nitrogen and oxygen atoms in total. The molecule has 0 amide bonds. The van der Waals surface area contributed by atoms with Crippen molar-refractivity contribution in [1.29, 1.82) is 0 Å². The van der Waals surface area contributed by atoms with E-state index in [4.69, 9.17) is 10.5 Å². The smallest absolute Gasteiger partial charge is 0.123 e. The van der Waals surface area contributed by atoms with E-state index in [1.807, 2.05) is 18.2 Å². The van der Waals surface area contributed by atoms with Crippen LogP contribution in [0.1, 0.15) is 18.1 Å². The molecule has 20 heavy (non-hydrogen) atoms. The van der Waals surface area contributed by atoms with Crippen molar-refractivity contribution in [3.05, 3.63) is 59.7 Å². The van der Waals surface area contributed by atoms with Gasteiger partial charge < -0.3 is 15.4 Å². The number of ether oxygens (including phenoxy) is 1. The summed E-state index contributed by atoms with van der Waals surface area (Å²) in [5, 5.41) is 0. The van der Waals surface area contributed by atoms with E-state index in [9.17, 15) is 0 Å². The van der Waals surface area contributed by atoms with Crippen LogP contribution in [-0.2, 0) is 13.1 Å². The predicted octanol–water partition coefficient (Wildman–Crippen LogP) is 3.18. The van der Waals surface area contributed by atoms with E-state index in [2.05, 4.69) is 42.2 Å². The first-order valence-electron chi connectivity index (χ1n) is 6.94. The van der Waals surface area contributed by atoms with Crippen molar-refractivity contribution in [2.45, 2.75) is 20.0 Å². The van der Waals surface area contributed by atoms with E-state index in [0.29, 0.717) is 6.54 Å².